The van der Waals surface area contributed by atoms with Gasteiger partial charge in [-0.2, -0.15) is 0 Å². The van der Waals surface area contributed by atoms with E-state index in [0.29, 0.717) is 17.7 Å². The third-order valence-electron chi connectivity index (χ3n) is 4.34. The van der Waals surface area contributed by atoms with E-state index in [-0.39, 0.29) is 6.61 Å². The molecule has 0 bridgehead atoms. The van der Waals surface area contributed by atoms with Gasteiger partial charge in [0.25, 0.3) is 12.1 Å². The summed E-state index contributed by atoms with van der Waals surface area (Å²) in [4.78, 5) is 41.1. The number of hydrogen-bond acceptors (Lipinski definition) is 6. The number of rotatable bonds is 7. The summed E-state index contributed by atoms with van der Waals surface area (Å²) in [6.45, 7) is 1.30. The molecule has 3 rings (SSSR count). The molecule has 2 atom stereocenters. The van der Waals surface area contributed by atoms with Gasteiger partial charge in [-0.1, -0.05) is 65.8 Å². The summed E-state index contributed by atoms with van der Waals surface area (Å²) in [7, 11) is 0. The van der Waals surface area contributed by atoms with E-state index in [1.54, 1.807) is 29.6 Å². The van der Waals surface area contributed by atoms with Crippen molar-refractivity contribution in [1.82, 2.24) is 10.6 Å². The van der Waals surface area contributed by atoms with E-state index in [1.165, 1.54) is 6.92 Å². The average Bonchev–Trinajstić information content (AvgIpc) is 2.75. The van der Waals surface area contributed by atoms with Crippen molar-refractivity contribution < 1.29 is 28.3 Å². The standard InChI is InChI=1S/C21H20FN3O5/c1-2-29-19(27)21(22)17(26)23-20(28)24-18(21)30-25-16(15-11-7-4-8-12-15)13-14-9-5-3-6-10-14/h3-12,18H,2,13H2,1H3,(H2,23,24,26,28). The van der Waals surface area contributed by atoms with Gasteiger partial charge >= 0.3 is 17.7 Å². The minimum absolute atomic E-state index is 0.162. The van der Waals surface area contributed by atoms with E-state index in [0.717, 1.165) is 5.56 Å². The summed E-state index contributed by atoms with van der Waals surface area (Å²) in [6.07, 6.45) is -1.66. The van der Waals surface area contributed by atoms with Gasteiger partial charge in [0, 0.05) is 6.42 Å². The molecule has 2 N–H and O–H groups in total. The molecular formula is C21H20FN3O5. The Morgan fingerprint density at radius 1 is 1.10 bits per heavy atom. The Hall–Kier alpha value is -3.75. The molecule has 1 aliphatic heterocycles. The average molecular weight is 413 g/mol. The van der Waals surface area contributed by atoms with Crippen molar-refractivity contribution in [2.24, 2.45) is 5.16 Å². The summed E-state index contributed by atoms with van der Waals surface area (Å²) in [5, 5.41) is 7.77. The van der Waals surface area contributed by atoms with Crippen molar-refractivity contribution in [2.75, 3.05) is 6.61 Å². The van der Waals surface area contributed by atoms with Crippen LogP contribution in [0.3, 0.4) is 0 Å². The molecule has 1 heterocycles. The predicted octanol–water partition coefficient (Wildman–Crippen LogP) is 2.09. The molecule has 0 spiro atoms. The zero-order valence-corrected chi connectivity index (χ0v) is 16.1. The number of ether oxygens (including phenoxy) is 1. The molecule has 0 aliphatic carbocycles. The predicted molar refractivity (Wildman–Crippen MR) is 105 cm³/mol. The smallest absolute Gasteiger partial charge is 0.360 e. The lowest BCUT2D eigenvalue weighted by Crippen LogP contribution is -2.70. The maximum atomic E-state index is 15.4. The largest absolute Gasteiger partial charge is 0.463 e. The van der Waals surface area contributed by atoms with Crippen molar-refractivity contribution >= 4 is 23.6 Å². The highest BCUT2D eigenvalue weighted by Crippen LogP contribution is 2.24. The Kier molecular flexibility index (Phi) is 6.41. The van der Waals surface area contributed by atoms with Crippen LogP contribution in [0.15, 0.2) is 65.8 Å². The first-order valence-corrected chi connectivity index (χ1v) is 9.25. The number of carbonyl (C=O) groups excluding carboxylic acids is 3. The van der Waals surface area contributed by atoms with Crippen LogP contribution in [0.4, 0.5) is 9.18 Å². The number of alkyl halides is 1. The maximum Gasteiger partial charge on any atom is 0.360 e. The van der Waals surface area contributed by atoms with Crippen LogP contribution in [0.5, 0.6) is 0 Å². The quantitative estimate of drug-likeness (QED) is 0.313. The zero-order chi connectivity index (χ0) is 21.6. The highest BCUT2D eigenvalue weighted by atomic mass is 19.1. The SMILES string of the molecule is CCOC(=O)C1(F)C(=O)NC(=O)NC1ON=C(Cc1ccccc1)c1ccccc1. The molecule has 1 saturated heterocycles. The molecule has 0 saturated carbocycles. The van der Waals surface area contributed by atoms with Crippen LogP contribution in [-0.4, -0.2) is 42.1 Å². The summed E-state index contributed by atoms with van der Waals surface area (Å²) in [5.41, 5.74) is -1.28. The van der Waals surface area contributed by atoms with Crippen molar-refractivity contribution in [3.05, 3.63) is 71.8 Å². The number of nitrogens with zero attached hydrogens (tertiary/aromatic N) is 1. The van der Waals surface area contributed by atoms with Gasteiger partial charge in [-0.25, -0.2) is 14.0 Å². The number of imide groups is 1. The summed E-state index contributed by atoms with van der Waals surface area (Å²) < 4.78 is 20.0. The van der Waals surface area contributed by atoms with Gasteiger partial charge in [-0.15, -0.1) is 0 Å². The van der Waals surface area contributed by atoms with Crippen molar-refractivity contribution in [1.29, 1.82) is 0 Å². The molecule has 9 heteroatoms. The second-order valence-electron chi connectivity index (χ2n) is 6.41. The molecule has 1 fully saturated rings. The number of urea groups is 1. The second-order valence-corrected chi connectivity index (χ2v) is 6.41. The number of benzene rings is 2. The van der Waals surface area contributed by atoms with E-state index < -0.39 is 29.8 Å². The van der Waals surface area contributed by atoms with Gasteiger partial charge in [0.05, 0.1) is 12.3 Å². The third-order valence-corrected chi connectivity index (χ3v) is 4.34. The lowest BCUT2D eigenvalue weighted by Gasteiger charge is -2.32. The van der Waals surface area contributed by atoms with Crippen LogP contribution in [0.25, 0.3) is 0 Å². The van der Waals surface area contributed by atoms with Gasteiger partial charge in [0.15, 0.2) is 0 Å². The van der Waals surface area contributed by atoms with Gasteiger partial charge in [-0.3, -0.25) is 15.4 Å². The molecule has 3 amide bonds. The number of oxime groups is 1. The normalized spacial score (nSPS) is 21.4. The Bertz CT molecular complexity index is 952. The van der Waals surface area contributed by atoms with E-state index in [4.69, 9.17) is 4.84 Å². The molecule has 2 aromatic rings. The fourth-order valence-corrected chi connectivity index (χ4v) is 2.83. The van der Waals surface area contributed by atoms with E-state index in [2.05, 4.69) is 15.2 Å². The van der Waals surface area contributed by atoms with Crippen LogP contribution >= 0.6 is 0 Å². The van der Waals surface area contributed by atoms with Crippen LogP contribution in [0.1, 0.15) is 18.1 Å². The Morgan fingerprint density at radius 3 is 2.37 bits per heavy atom. The molecule has 0 aromatic heterocycles. The summed E-state index contributed by atoms with van der Waals surface area (Å²) >= 11 is 0. The second kappa shape index (κ2) is 9.17. The first-order chi connectivity index (χ1) is 14.4. The molecule has 0 radical (unpaired) electrons. The minimum Gasteiger partial charge on any atom is -0.463 e. The topological polar surface area (TPSA) is 106 Å². The maximum absolute atomic E-state index is 15.4. The number of carbonyl (C=O) groups is 3. The molecule has 30 heavy (non-hydrogen) atoms. The van der Waals surface area contributed by atoms with Crippen molar-refractivity contribution in [3.8, 4) is 0 Å². The Balaban J connectivity index is 1.92. The lowest BCUT2D eigenvalue weighted by atomic mass is 10.0. The fourth-order valence-electron chi connectivity index (χ4n) is 2.83. The lowest BCUT2D eigenvalue weighted by molar-refractivity contribution is -0.179. The molecular weight excluding hydrogens is 393 g/mol. The molecule has 2 unspecified atom stereocenters. The zero-order valence-electron chi connectivity index (χ0n) is 16.1. The van der Waals surface area contributed by atoms with Crippen LogP contribution in [-0.2, 0) is 25.6 Å². The summed E-state index contributed by atoms with van der Waals surface area (Å²) in [5.74, 6) is -2.96. The van der Waals surface area contributed by atoms with E-state index >= 15 is 4.39 Å². The number of nitrogens with one attached hydrogen (secondary N) is 2. The number of amides is 3. The third kappa shape index (κ3) is 4.45. The first kappa shape index (κ1) is 21.0. The number of halogens is 1. The Morgan fingerprint density at radius 2 is 1.73 bits per heavy atom. The summed E-state index contributed by atoms with van der Waals surface area (Å²) in [6, 6.07) is 17.3. The molecule has 1 aliphatic rings. The van der Waals surface area contributed by atoms with Crippen LogP contribution < -0.4 is 10.6 Å². The molecule has 8 nitrogen and oxygen atoms in total. The van der Waals surface area contributed by atoms with Crippen molar-refractivity contribution in [3.63, 3.8) is 0 Å². The fraction of sp³-hybridized carbons (Fsp3) is 0.238. The van der Waals surface area contributed by atoms with Crippen LogP contribution in [0, 0.1) is 0 Å². The monoisotopic (exact) mass is 413 g/mol. The van der Waals surface area contributed by atoms with Gasteiger partial charge in [0.2, 0.25) is 0 Å². The van der Waals surface area contributed by atoms with E-state index in [1.807, 2.05) is 36.4 Å². The molecule has 2 aromatic carbocycles. The van der Waals surface area contributed by atoms with Gasteiger partial charge in [0.1, 0.15) is 0 Å². The van der Waals surface area contributed by atoms with Gasteiger partial charge in [-0.05, 0) is 18.1 Å². The highest BCUT2D eigenvalue weighted by molar-refractivity contribution is 6.14. The first-order valence-electron chi connectivity index (χ1n) is 9.25. The highest BCUT2D eigenvalue weighted by Gasteiger charge is 2.61. The van der Waals surface area contributed by atoms with Crippen LogP contribution in [0.2, 0.25) is 0 Å². The van der Waals surface area contributed by atoms with E-state index in [9.17, 15) is 14.4 Å². The molecule has 156 valence electrons. The minimum atomic E-state index is -3.29. The van der Waals surface area contributed by atoms with Crippen molar-refractivity contribution in [2.45, 2.75) is 25.2 Å². The number of esters is 1. The van der Waals surface area contributed by atoms with Gasteiger partial charge < -0.3 is 9.57 Å². The number of hydrogen-bond donors (Lipinski definition) is 2. The Labute approximate surface area is 172 Å².